The lowest BCUT2D eigenvalue weighted by Gasteiger charge is -2.17. The lowest BCUT2D eigenvalue weighted by atomic mass is 9.94. The van der Waals surface area contributed by atoms with Gasteiger partial charge in [-0.1, -0.05) is 0 Å². The zero-order valence-electron chi connectivity index (χ0n) is 7.92. The fourth-order valence-electron chi connectivity index (χ4n) is 1.27. The molecule has 2 unspecified atom stereocenters. The Bertz CT molecular complexity index is 300. The molecule has 0 aromatic carbocycles. The summed E-state index contributed by atoms with van der Waals surface area (Å²) < 4.78 is 0. The zero-order valence-corrected chi connectivity index (χ0v) is 7.92. The molecule has 0 aliphatic rings. The minimum absolute atomic E-state index is 0.00528. The molecule has 0 amide bonds. The molecular formula is C9H13N3O2. The van der Waals surface area contributed by atoms with Crippen LogP contribution in [-0.2, 0) is 4.79 Å². The van der Waals surface area contributed by atoms with Gasteiger partial charge >= 0.3 is 5.97 Å². The van der Waals surface area contributed by atoms with Crippen molar-refractivity contribution in [2.24, 2.45) is 5.73 Å². The van der Waals surface area contributed by atoms with E-state index in [2.05, 4.69) is 9.97 Å². The summed E-state index contributed by atoms with van der Waals surface area (Å²) in [5, 5.41) is 8.70. The Balaban J connectivity index is 2.83. The first-order chi connectivity index (χ1) is 6.61. The van der Waals surface area contributed by atoms with Gasteiger partial charge in [-0.25, -0.2) is 9.97 Å². The minimum Gasteiger partial charge on any atom is -0.481 e. The van der Waals surface area contributed by atoms with Gasteiger partial charge in [0.2, 0.25) is 0 Å². The second kappa shape index (κ2) is 4.66. The Morgan fingerprint density at radius 3 is 2.86 bits per heavy atom. The largest absolute Gasteiger partial charge is 0.481 e. The number of hydrogen-bond donors (Lipinski definition) is 2. The van der Waals surface area contributed by atoms with E-state index < -0.39 is 5.97 Å². The van der Waals surface area contributed by atoms with E-state index in [1.807, 2.05) is 0 Å². The summed E-state index contributed by atoms with van der Waals surface area (Å²) in [6.45, 7) is 1.77. The Labute approximate surface area is 82.0 Å². The van der Waals surface area contributed by atoms with Crippen LogP contribution < -0.4 is 5.73 Å². The predicted octanol–water partition coefficient (Wildman–Crippen LogP) is 0.382. The molecule has 5 heteroatoms. The number of hydrogen-bond acceptors (Lipinski definition) is 4. The van der Waals surface area contributed by atoms with Gasteiger partial charge in [-0.2, -0.15) is 0 Å². The summed E-state index contributed by atoms with van der Waals surface area (Å²) in [4.78, 5) is 18.4. The van der Waals surface area contributed by atoms with E-state index in [1.165, 1.54) is 6.33 Å². The first kappa shape index (κ1) is 10.6. The predicted molar refractivity (Wildman–Crippen MR) is 50.7 cm³/mol. The highest BCUT2D eigenvalue weighted by Crippen LogP contribution is 2.19. The summed E-state index contributed by atoms with van der Waals surface area (Å²) in [7, 11) is 0. The van der Waals surface area contributed by atoms with Crippen molar-refractivity contribution in [3.05, 3.63) is 24.3 Å². The van der Waals surface area contributed by atoms with E-state index in [9.17, 15) is 4.79 Å². The van der Waals surface area contributed by atoms with Crippen LogP contribution in [0.5, 0.6) is 0 Å². The molecule has 14 heavy (non-hydrogen) atoms. The first-order valence-electron chi connectivity index (χ1n) is 4.34. The smallest absolute Gasteiger partial charge is 0.304 e. The van der Waals surface area contributed by atoms with Crippen molar-refractivity contribution in [1.29, 1.82) is 0 Å². The summed E-state index contributed by atoms with van der Waals surface area (Å²) in [5.41, 5.74) is 6.37. The average Bonchev–Trinajstić information content (AvgIpc) is 2.15. The third-order valence-corrected chi connectivity index (χ3v) is 2.01. The average molecular weight is 195 g/mol. The van der Waals surface area contributed by atoms with Gasteiger partial charge in [-0.05, 0) is 13.0 Å². The fourth-order valence-corrected chi connectivity index (χ4v) is 1.27. The number of aliphatic carboxylic acids is 1. The van der Waals surface area contributed by atoms with Crippen LogP contribution in [0.3, 0.4) is 0 Å². The molecule has 1 rings (SSSR count). The molecule has 0 aliphatic carbocycles. The molecule has 0 fully saturated rings. The maximum absolute atomic E-state index is 10.6. The van der Waals surface area contributed by atoms with Crippen LogP contribution in [0.15, 0.2) is 18.6 Å². The number of carboxylic acids is 1. The Morgan fingerprint density at radius 1 is 1.71 bits per heavy atom. The van der Waals surface area contributed by atoms with Crippen molar-refractivity contribution in [2.75, 3.05) is 0 Å². The van der Waals surface area contributed by atoms with E-state index in [-0.39, 0.29) is 18.4 Å². The molecule has 0 aliphatic heterocycles. The highest BCUT2D eigenvalue weighted by molar-refractivity contribution is 5.68. The second-order valence-electron chi connectivity index (χ2n) is 3.20. The van der Waals surface area contributed by atoms with E-state index in [0.29, 0.717) is 5.69 Å². The number of nitrogens with two attached hydrogens (primary N) is 1. The molecule has 1 aromatic rings. The van der Waals surface area contributed by atoms with Crippen molar-refractivity contribution < 1.29 is 9.90 Å². The number of nitrogens with zero attached hydrogens (tertiary/aromatic N) is 2. The molecular weight excluding hydrogens is 182 g/mol. The van der Waals surface area contributed by atoms with Gasteiger partial charge in [0.15, 0.2) is 0 Å². The number of carboxylic acid groups (broad SMARTS) is 1. The molecule has 1 heterocycles. The Morgan fingerprint density at radius 2 is 2.43 bits per heavy atom. The van der Waals surface area contributed by atoms with Gasteiger partial charge in [0, 0.05) is 23.9 Å². The van der Waals surface area contributed by atoms with Gasteiger partial charge < -0.3 is 10.8 Å². The first-order valence-corrected chi connectivity index (χ1v) is 4.34. The maximum atomic E-state index is 10.6. The highest BCUT2D eigenvalue weighted by atomic mass is 16.4. The van der Waals surface area contributed by atoms with Crippen LogP contribution in [0.2, 0.25) is 0 Å². The van der Waals surface area contributed by atoms with Gasteiger partial charge in [-0.3, -0.25) is 4.79 Å². The molecule has 0 spiro atoms. The SMILES string of the molecule is CC(N)C(CC(=O)O)c1ccncn1. The normalized spacial score (nSPS) is 14.7. The zero-order chi connectivity index (χ0) is 10.6. The molecule has 5 nitrogen and oxygen atoms in total. The quantitative estimate of drug-likeness (QED) is 0.725. The van der Waals surface area contributed by atoms with Gasteiger partial charge in [0.1, 0.15) is 6.33 Å². The van der Waals surface area contributed by atoms with Crippen LogP contribution in [0, 0.1) is 0 Å². The third-order valence-electron chi connectivity index (χ3n) is 2.01. The third kappa shape index (κ3) is 2.77. The van der Waals surface area contributed by atoms with E-state index in [0.717, 1.165) is 0 Å². The van der Waals surface area contributed by atoms with E-state index >= 15 is 0 Å². The molecule has 0 radical (unpaired) electrons. The number of aromatic nitrogens is 2. The van der Waals surface area contributed by atoms with Gasteiger partial charge in [-0.15, -0.1) is 0 Å². The molecule has 0 saturated carbocycles. The fraction of sp³-hybridized carbons (Fsp3) is 0.444. The van der Waals surface area contributed by atoms with Crippen LogP contribution >= 0.6 is 0 Å². The van der Waals surface area contributed by atoms with Gasteiger partial charge in [0.25, 0.3) is 0 Å². The van der Waals surface area contributed by atoms with Crippen LogP contribution in [0.1, 0.15) is 25.0 Å². The summed E-state index contributed by atoms with van der Waals surface area (Å²) in [5.74, 6) is -1.12. The van der Waals surface area contributed by atoms with Crippen LogP contribution in [0.4, 0.5) is 0 Å². The molecule has 3 N–H and O–H groups in total. The van der Waals surface area contributed by atoms with Crippen molar-refractivity contribution in [1.82, 2.24) is 9.97 Å². The molecule has 76 valence electrons. The highest BCUT2D eigenvalue weighted by Gasteiger charge is 2.20. The number of carbonyl (C=O) groups is 1. The topological polar surface area (TPSA) is 89.1 Å². The van der Waals surface area contributed by atoms with Crippen molar-refractivity contribution in [2.45, 2.75) is 25.3 Å². The summed E-state index contributed by atoms with van der Waals surface area (Å²) >= 11 is 0. The molecule has 1 aromatic heterocycles. The van der Waals surface area contributed by atoms with Crippen molar-refractivity contribution >= 4 is 5.97 Å². The van der Waals surface area contributed by atoms with Crippen molar-refractivity contribution in [3.8, 4) is 0 Å². The minimum atomic E-state index is -0.870. The molecule has 2 atom stereocenters. The summed E-state index contributed by atoms with van der Waals surface area (Å²) in [6.07, 6.45) is 2.97. The lowest BCUT2D eigenvalue weighted by molar-refractivity contribution is -0.137. The Kier molecular flexibility index (Phi) is 3.53. The second-order valence-corrected chi connectivity index (χ2v) is 3.20. The maximum Gasteiger partial charge on any atom is 0.304 e. The molecule has 0 bridgehead atoms. The van der Waals surface area contributed by atoms with Crippen LogP contribution in [-0.4, -0.2) is 27.1 Å². The van der Waals surface area contributed by atoms with Crippen molar-refractivity contribution in [3.63, 3.8) is 0 Å². The van der Waals surface area contributed by atoms with E-state index in [4.69, 9.17) is 10.8 Å². The van der Waals surface area contributed by atoms with Crippen LogP contribution in [0.25, 0.3) is 0 Å². The lowest BCUT2D eigenvalue weighted by Crippen LogP contribution is -2.27. The Hall–Kier alpha value is -1.49. The molecule has 0 saturated heterocycles. The van der Waals surface area contributed by atoms with E-state index in [1.54, 1.807) is 19.2 Å². The monoisotopic (exact) mass is 195 g/mol. The van der Waals surface area contributed by atoms with Gasteiger partial charge in [0.05, 0.1) is 6.42 Å². The number of rotatable bonds is 4. The standard InChI is InChI=1S/C9H13N3O2/c1-6(10)7(4-9(13)14)8-2-3-11-5-12-8/h2-3,5-7H,4,10H2,1H3,(H,13,14). The summed E-state index contributed by atoms with van der Waals surface area (Å²) in [6, 6.07) is 1.46.